The Morgan fingerprint density at radius 3 is 2.12 bits per heavy atom. The fourth-order valence-corrected chi connectivity index (χ4v) is 2.30. The molecule has 0 radical (unpaired) electrons. The summed E-state index contributed by atoms with van der Waals surface area (Å²) in [4.78, 5) is 20.4. The first-order valence-corrected chi connectivity index (χ1v) is 8.25. The van der Waals surface area contributed by atoms with Gasteiger partial charge in [-0.25, -0.2) is 0 Å². The van der Waals surface area contributed by atoms with Crippen molar-refractivity contribution in [3.8, 4) is 0 Å². The van der Waals surface area contributed by atoms with Gasteiger partial charge in [0.15, 0.2) is 0 Å². The van der Waals surface area contributed by atoms with Crippen molar-refractivity contribution < 1.29 is 14.1 Å². The Balaban J connectivity index is 2.05. The van der Waals surface area contributed by atoms with Crippen LogP contribution in [0.3, 0.4) is 0 Å². The third kappa shape index (κ3) is 3.96. The molecule has 1 saturated heterocycles. The normalized spacial score (nSPS) is 18.9. The molecule has 1 fully saturated rings. The Morgan fingerprint density at radius 2 is 1.67 bits per heavy atom. The molecule has 0 saturated carbocycles. The van der Waals surface area contributed by atoms with Crippen LogP contribution in [0.1, 0.15) is 38.2 Å². The topological polar surface area (TPSA) is 54.9 Å². The number of carbonyl (C=O) groups excluding carboxylic acids is 1. The van der Waals surface area contributed by atoms with E-state index in [4.69, 9.17) is 9.31 Å². The molecule has 0 N–H and O–H groups in total. The molecule has 24 heavy (non-hydrogen) atoms. The molecule has 1 amide bonds. The van der Waals surface area contributed by atoms with E-state index in [-0.39, 0.29) is 5.91 Å². The van der Waals surface area contributed by atoms with Gasteiger partial charge in [0.05, 0.1) is 11.2 Å². The van der Waals surface area contributed by atoms with Gasteiger partial charge in [0.1, 0.15) is 5.69 Å². The van der Waals surface area contributed by atoms with Crippen LogP contribution < -0.4 is 5.46 Å². The highest BCUT2D eigenvalue weighted by molar-refractivity contribution is 6.62. The van der Waals surface area contributed by atoms with E-state index < -0.39 is 18.3 Å². The molecular formula is C17H28BN3O3. The highest BCUT2D eigenvalue weighted by Gasteiger charge is 2.51. The highest BCUT2D eigenvalue weighted by Crippen LogP contribution is 2.36. The van der Waals surface area contributed by atoms with Gasteiger partial charge in [-0.15, -0.1) is 0 Å². The zero-order chi connectivity index (χ0) is 18.1. The summed E-state index contributed by atoms with van der Waals surface area (Å²) < 4.78 is 12.0. The number of nitrogens with zero attached hydrogens (tertiary/aromatic N) is 3. The van der Waals surface area contributed by atoms with Gasteiger partial charge in [0, 0.05) is 31.8 Å². The lowest BCUT2D eigenvalue weighted by atomic mass is 9.80. The second-order valence-electron chi connectivity index (χ2n) is 7.60. The molecule has 1 aliphatic heterocycles. The van der Waals surface area contributed by atoms with Crippen molar-refractivity contribution in [3.63, 3.8) is 0 Å². The molecule has 2 heterocycles. The first-order chi connectivity index (χ1) is 11.0. The van der Waals surface area contributed by atoms with Gasteiger partial charge in [-0.05, 0) is 47.9 Å². The van der Waals surface area contributed by atoms with E-state index in [1.54, 1.807) is 24.2 Å². The number of hydrogen-bond donors (Lipinski definition) is 0. The van der Waals surface area contributed by atoms with Gasteiger partial charge in [-0.2, -0.15) is 0 Å². The van der Waals surface area contributed by atoms with E-state index in [0.717, 1.165) is 12.0 Å². The number of rotatable bonds is 5. The van der Waals surface area contributed by atoms with Crippen LogP contribution in [0.25, 0.3) is 0 Å². The molecule has 0 aromatic carbocycles. The number of carbonyl (C=O) groups is 1. The Morgan fingerprint density at radius 1 is 1.08 bits per heavy atom. The van der Waals surface area contributed by atoms with Crippen LogP contribution in [-0.4, -0.2) is 73.2 Å². The Hall–Kier alpha value is -1.44. The fourth-order valence-electron chi connectivity index (χ4n) is 2.30. The van der Waals surface area contributed by atoms with Crippen LogP contribution in [0.4, 0.5) is 0 Å². The third-order valence-corrected chi connectivity index (χ3v) is 4.76. The number of hydrogen-bond acceptors (Lipinski definition) is 5. The number of likely N-dealkylation sites (N-methyl/N-ethyl adjacent to an activating group) is 2. The van der Waals surface area contributed by atoms with Crippen molar-refractivity contribution in [2.24, 2.45) is 0 Å². The Labute approximate surface area is 145 Å². The summed E-state index contributed by atoms with van der Waals surface area (Å²) >= 11 is 0. The molecule has 6 nitrogen and oxygen atoms in total. The predicted molar refractivity (Wildman–Crippen MR) is 95.5 cm³/mol. The van der Waals surface area contributed by atoms with E-state index in [9.17, 15) is 4.79 Å². The molecule has 2 rings (SSSR count). The lowest BCUT2D eigenvalue weighted by Gasteiger charge is -2.32. The minimum absolute atomic E-state index is 0.0858. The minimum atomic E-state index is -0.460. The lowest BCUT2D eigenvalue weighted by molar-refractivity contribution is 0.00578. The van der Waals surface area contributed by atoms with Gasteiger partial charge in [0.25, 0.3) is 5.91 Å². The summed E-state index contributed by atoms with van der Waals surface area (Å²) in [6, 6.07) is 3.58. The second-order valence-corrected chi connectivity index (χ2v) is 7.60. The fraction of sp³-hybridized carbons (Fsp3) is 0.647. The first kappa shape index (κ1) is 18.9. The zero-order valence-electron chi connectivity index (χ0n) is 15.8. The van der Waals surface area contributed by atoms with Crippen molar-refractivity contribution in [3.05, 3.63) is 24.0 Å². The average Bonchev–Trinajstić information content (AvgIpc) is 2.72. The van der Waals surface area contributed by atoms with Crippen molar-refractivity contribution in [2.75, 3.05) is 34.2 Å². The Kier molecular flexibility index (Phi) is 5.37. The first-order valence-electron chi connectivity index (χ1n) is 8.25. The summed E-state index contributed by atoms with van der Waals surface area (Å²) in [6.45, 7) is 9.52. The SMILES string of the molecule is CN(C)CCN(C)C(=O)c1ccc(B2OC(C)(C)C(C)(C)O2)cn1. The maximum atomic E-state index is 12.4. The van der Waals surface area contributed by atoms with E-state index in [1.165, 1.54) is 0 Å². The van der Waals surface area contributed by atoms with Gasteiger partial charge < -0.3 is 19.1 Å². The van der Waals surface area contributed by atoms with E-state index in [1.807, 2.05) is 52.8 Å². The molecule has 132 valence electrons. The lowest BCUT2D eigenvalue weighted by Crippen LogP contribution is -2.41. The molecule has 0 bridgehead atoms. The zero-order valence-corrected chi connectivity index (χ0v) is 15.8. The number of pyridine rings is 1. The largest absolute Gasteiger partial charge is 0.496 e. The second kappa shape index (κ2) is 6.82. The van der Waals surface area contributed by atoms with Crippen molar-refractivity contribution >= 4 is 18.5 Å². The van der Waals surface area contributed by atoms with Crippen molar-refractivity contribution in [1.82, 2.24) is 14.8 Å². The average molecular weight is 333 g/mol. The van der Waals surface area contributed by atoms with Gasteiger partial charge in [-0.1, -0.05) is 6.07 Å². The molecule has 0 spiro atoms. The number of aromatic nitrogens is 1. The Bertz CT molecular complexity index is 571. The van der Waals surface area contributed by atoms with E-state index in [0.29, 0.717) is 12.2 Å². The molecule has 7 heteroatoms. The predicted octanol–water partition coefficient (Wildman–Crippen LogP) is 1.01. The van der Waals surface area contributed by atoms with Crippen molar-refractivity contribution in [2.45, 2.75) is 38.9 Å². The smallest absolute Gasteiger partial charge is 0.399 e. The number of amides is 1. The van der Waals surface area contributed by atoms with Crippen molar-refractivity contribution in [1.29, 1.82) is 0 Å². The molecular weight excluding hydrogens is 305 g/mol. The van der Waals surface area contributed by atoms with Gasteiger partial charge in [0.2, 0.25) is 0 Å². The summed E-state index contributed by atoms with van der Waals surface area (Å²) in [7, 11) is 5.29. The van der Waals surface area contributed by atoms with Gasteiger partial charge >= 0.3 is 7.12 Å². The van der Waals surface area contributed by atoms with Crippen LogP contribution in [0.15, 0.2) is 18.3 Å². The summed E-state index contributed by atoms with van der Waals surface area (Å²) in [5.74, 6) is -0.0858. The third-order valence-electron chi connectivity index (χ3n) is 4.76. The summed E-state index contributed by atoms with van der Waals surface area (Å²) in [5, 5.41) is 0. The minimum Gasteiger partial charge on any atom is -0.399 e. The standard InChI is InChI=1S/C17H28BN3O3/c1-16(2)17(3,4)24-18(23-16)13-8-9-14(19-12-13)15(22)21(7)11-10-20(5)6/h8-9,12H,10-11H2,1-7H3. The molecule has 0 aliphatic carbocycles. The summed E-state index contributed by atoms with van der Waals surface area (Å²) in [5.41, 5.74) is 0.467. The monoisotopic (exact) mass is 333 g/mol. The molecule has 1 aromatic rings. The van der Waals surface area contributed by atoms with Crippen LogP contribution in [0.5, 0.6) is 0 Å². The van der Waals surface area contributed by atoms with Crippen LogP contribution in [-0.2, 0) is 9.31 Å². The summed E-state index contributed by atoms with van der Waals surface area (Å²) in [6.07, 6.45) is 1.66. The maximum Gasteiger partial charge on any atom is 0.496 e. The highest BCUT2D eigenvalue weighted by atomic mass is 16.7. The maximum absolute atomic E-state index is 12.4. The van der Waals surface area contributed by atoms with Gasteiger partial charge in [-0.3, -0.25) is 9.78 Å². The van der Waals surface area contributed by atoms with E-state index in [2.05, 4.69) is 4.98 Å². The van der Waals surface area contributed by atoms with Crippen LogP contribution >= 0.6 is 0 Å². The molecule has 1 aromatic heterocycles. The van der Waals surface area contributed by atoms with E-state index >= 15 is 0 Å². The van der Waals surface area contributed by atoms with Crippen LogP contribution in [0, 0.1) is 0 Å². The van der Waals surface area contributed by atoms with Crippen LogP contribution in [0.2, 0.25) is 0 Å². The quantitative estimate of drug-likeness (QED) is 0.753. The molecule has 0 atom stereocenters. The molecule has 1 aliphatic rings. The molecule has 0 unspecified atom stereocenters.